The number of aliphatic hydroxyl groups excluding tert-OH is 1. The smallest absolute Gasteiger partial charge is 0.152 e. The fourth-order valence-corrected chi connectivity index (χ4v) is 2.64. The summed E-state index contributed by atoms with van der Waals surface area (Å²) >= 11 is 0. The molecule has 0 aromatic carbocycles. The van der Waals surface area contributed by atoms with E-state index in [-0.39, 0.29) is 17.9 Å². The monoisotopic (exact) mass is 175 g/mol. The predicted molar refractivity (Wildman–Crippen MR) is 38.4 cm³/mol. The van der Waals surface area contributed by atoms with Crippen LogP contribution in [0.4, 0.5) is 0 Å². The topological polar surface area (TPSA) is 78.2 Å². The number of aliphatic hydroxyl groups is 1. The highest BCUT2D eigenvalue weighted by molar-refractivity contribution is 7.91. The maximum atomic E-state index is 10.9. The van der Waals surface area contributed by atoms with Crippen LogP contribution in [0.15, 0.2) is 0 Å². The van der Waals surface area contributed by atoms with Crippen molar-refractivity contribution in [1.82, 2.24) is 0 Å². The highest BCUT2D eigenvalue weighted by Crippen LogP contribution is 2.18. The zero-order valence-corrected chi connectivity index (χ0v) is 6.71. The molecule has 4 nitrogen and oxygen atoms in total. The minimum Gasteiger partial charge on any atom is -0.391 e. The van der Waals surface area contributed by atoms with Crippen LogP contribution in [0, 0.1) is 17.2 Å². The van der Waals surface area contributed by atoms with Crippen LogP contribution in [0.3, 0.4) is 0 Å². The predicted octanol–water partition coefficient (Wildman–Crippen LogP) is -0.694. The average molecular weight is 175 g/mol. The van der Waals surface area contributed by atoms with Gasteiger partial charge in [-0.05, 0) is 6.42 Å². The van der Waals surface area contributed by atoms with E-state index in [9.17, 15) is 8.42 Å². The van der Waals surface area contributed by atoms with Crippen LogP contribution in [-0.4, -0.2) is 31.1 Å². The van der Waals surface area contributed by atoms with Gasteiger partial charge in [-0.2, -0.15) is 5.26 Å². The second-order valence-electron chi connectivity index (χ2n) is 2.71. The number of nitrogens with zero attached hydrogens (tertiary/aromatic N) is 1. The second-order valence-corrected chi connectivity index (χ2v) is 4.93. The molecule has 0 amide bonds. The second kappa shape index (κ2) is 2.80. The molecule has 1 saturated heterocycles. The summed E-state index contributed by atoms with van der Waals surface area (Å²) in [5.74, 6) is -0.730. The first-order valence-corrected chi connectivity index (χ1v) is 5.15. The van der Waals surface area contributed by atoms with Crippen molar-refractivity contribution in [2.24, 2.45) is 5.92 Å². The molecular weight excluding hydrogens is 166 g/mol. The van der Waals surface area contributed by atoms with E-state index in [1.807, 2.05) is 6.07 Å². The van der Waals surface area contributed by atoms with Gasteiger partial charge in [0.15, 0.2) is 9.84 Å². The molecule has 5 heteroatoms. The van der Waals surface area contributed by atoms with Gasteiger partial charge in [-0.25, -0.2) is 8.42 Å². The molecule has 1 fully saturated rings. The summed E-state index contributed by atoms with van der Waals surface area (Å²) < 4.78 is 21.7. The van der Waals surface area contributed by atoms with Crippen LogP contribution in [0.2, 0.25) is 0 Å². The van der Waals surface area contributed by atoms with Crippen LogP contribution in [0.25, 0.3) is 0 Å². The van der Waals surface area contributed by atoms with Gasteiger partial charge < -0.3 is 5.11 Å². The van der Waals surface area contributed by atoms with Gasteiger partial charge in [0, 0.05) is 0 Å². The molecule has 62 valence electrons. The number of hydrogen-bond donors (Lipinski definition) is 1. The van der Waals surface area contributed by atoms with Crippen LogP contribution in [0.5, 0.6) is 0 Å². The lowest BCUT2D eigenvalue weighted by atomic mass is 10.0. The van der Waals surface area contributed by atoms with Gasteiger partial charge in [-0.1, -0.05) is 0 Å². The fraction of sp³-hybridized carbons (Fsp3) is 0.833. The molecule has 0 aliphatic carbocycles. The molecule has 1 aliphatic heterocycles. The Balaban J connectivity index is 2.71. The number of sulfone groups is 1. The van der Waals surface area contributed by atoms with Crippen molar-refractivity contribution >= 4 is 9.84 Å². The maximum Gasteiger partial charge on any atom is 0.152 e. The normalized spacial score (nSPS) is 36.0. The molecule has 0 spiro atoms. The van der Waals surface area contributed by atoms with Gasteiger partial charge >= 0.3 is 0 Å². The highest BCUT2D eigenvalue weighted by atomic mass is 32.2. The van der Waals surface area contributed by atoms with Gasteiger partial charge in [0.25, 0.3) is 0 Å². The van der Waals surface area contributed by atoms with Gasteiger partial charge in [0.2, 0.25) is 0 Å². The first-order chi connectivity index (χ1) is 5.05. The first-order valence-electron chi connectivity index (χ1n) is 3.33. The van der Waals surface area contributed by atoms with Crippen LogP contribution < -0.4 is 0 Å². The lowest BCUT2D eigenvalue weighted by Crippen LogP contribution is -2.36. The summed E-state index contributed by atoms with van der Waals surface area (Å²) in [4.78, 5) is 0. The van der Waals surface area contributed by atoms with Gasteiger partial charge in [0.1, 0.15) is 0 Å². The third-order valence-electron chi connectivity index (χ3n) is 1.79. The average Bonchev–Trinajstić information content (AvgIpc) is 1.86. The summed E-state index contributed by atoms with van der Waals surface area (Å²) in [5.41, 5.74) is 0. The Kier molecular flexibility index (Phi) is 2.16. The molecule has 0 aromatic heterocycles. The van der Waals surface area contributed by atoms with Crippen LogP contribution >= 0.6 is 0 Å². The fourth-order valence-electron chi connectivity index (χ4n) is 1.11. The van der Waals surface area contributed by atoms with E-state index in [1.165, 1.54) is 0 Å². The van der Waals surface area contributed by atoms with E-state index in [4.69, 9.17) is 10.4 Å². The molecule has 11 heavy (non-hydrogen) atoms. The summed E-state index contributed by atoms with van der Waals surface area (Å²) in [6, 6.07) is 1.88. The number of nitriles is 1. The molecule has 0 radical (unpaired) electrons. The molecule has 2 unspecified atom stereocenters. The third-order valence-corrected chi connectivity index (χ3v) is 3.50. The molecule has 2 atom stereocenters. The molecule has 1 N–H and O–H groups in total. The van der Waals surface area contributed by atoms with Crippen molar-refractivity contribution in [3.8, 4) is 6.07 Å². The summed E-state index contributed by atoms with van der Waals surface area (Å²) in [7, 11) is -3.08. The zero-order valence-electron chi connectivity index (χ0n) is 5.90. The van der Waals surface area contributed by atoms with Crippen molar-refractivity contribution in [3.63, 3.8) is 0 Å². The van der Waals surface area contributed by atoms with Gasteiger partial charge in [-0.15, -0.1) is 0 Å². The first kappa shape index (κ1) is 8.50. The highest BCUT2D eigenvalue weighted by Gasteiger charge is 2.31. The van der Waals surface area contributed by atoms with Gasteiger partial charge in [0.05, 0.1) is 29.6 Å². The minimum absolute atomic E-state index is 0.0300. The zero-order chi connectivity index (χ0) is 8.48. The molecule has 0 saturated carbocycles. The SMILES string of the molecule is N#CC1CCS(=O)(=O)CC1O. The molecule has 1 aliphatic rings. The Labute approximate surface area is 65.4 Å². The molecule has 0 aromatic rings. The summed E-state index contributed by atoms with van der Waals surface area (Å²) in [5, 5.41) is 17.5. The van der Waals surface area contributed by atoms with Crippen LogP contribution in [-0.2, 0) is 9.84 Å². The van der Waals surface area contributed by atoms with Crippen molar-refractivity contribution < 1.29 is 13.5 Å². The molecule has 1 rings (SSSR count). The van der Waals surface area contributed by atoms with E-state index >= 15 is 0 Å². The van der Waals surface area contributed by atoms with E-state index in [2.05, 4.69) is 0 Å². The molecule has 1 heterocycles. The number of hydrogen-bond acceptors (Lipinski definition) is 4. The minimum atomic E-state index is -3.08. The van der Waals surface area contributed by atoms with E-state index in [1.54, 1.807) is 0 Å². The van der Waals surface area contributed by atoms with Crippen molar-refractivity contribution in [3.05, 3.63) is 0 Å². The lowest BCUT2D eigenvalue weighted by molar-refractivity contribution is 0.148. The van der Waals surface area contributed by atoms with E-state index < -0.39 is 21.9 Å². The van der Waals surface area contributed by atoms with Crippen molar-refractivity contribution in [1.29, 1.82) is 5.26 Å². The number of rotatable bonds is 0. The van der Waals surface area contributed by atoms with Crippen LogP contribution in [0.1, 0.15) is 6.42 Å². The largest absolute Gasteiger partial charge is 0.391 e. The Morgan fingerprint density at radius 1 is 1.55 bits per heavy atom. The van der Waals surface area contributed by atoms with Gasteiger partial charge in [-0.3, -0.25) is 0 Å². The summed E-state index contributed by atoms with van der Waals surface area (Å²) in [6.45, 7) is 0. The van der Waals surface area contributed by atoms with E-state index in [0.717, 1.165) is 0 Å². The van der Waals surface area contributed by atoms with Crippen molar-refractivity contribution in [2.75, 3.05) is 11.5 Å². The Hall–Kier alpha value is -0.600. The maximum absolute atomic E-state index is 10.9. The Morgan fingerprint density at radius 2 is 2.18 bits per heavy atom. The Morgan fingerprint density at radius 3 is 2.64 bits per heavy atom. The van der Waals surface area contributed by atoms with Crippen molar-refractivity contribution in [2.45, 2.75) is 12.5 Å². The standard InChI is InChI=1S/C6H9NO3S/c7-3-5-1-2-11(9,10)4-6(5)8/h5-6,8H,1-2,4H2. The quantitative estimate of drug-likeness (QED) is 0.528. The third kappa shape index (κ3) is 1.91. The Bertz CT molecular complexity index is 277. The van der Waals surface area contributed by atoms with E-state index in [0.29, 0.717) is 0 Å². The molecule has 0 bridgehead atoms. The lowest BCUT2D eigenvalue weighted by Gasteiger charge is -2.21. The summed E-state index contributed by atoms with van der Waals surface area (Å²) in [6.07, 6.45) is -0.723. The molecular formula is C6H9NO3S.